The van der Waals surface area contributed by atoms with Gasteiger partial charge in [0.2, 0.25) is 0 Å². The summed E-state index contributed by atoms with van der Waals surface area (Å²) in [7, 11) is 0. The third kappa shape index (κ3) is 3.02. The molecule has 1 N–H and O–H groups in total. The van der Waals surface area contributed by atoms with E-state index in [1.165, 1.54) is 0 Å². The van der Waals surface area contributed by atoms with Crippen LogP contribution in [0.3, 0.4) is 0 Å². The Hall–Kier alpha value is -1.09. The summed E-state index contributed by atoms with van der Waals surface area (Å²) >= 11 is 12.0. The van der Waals surface area contributed by atoms with E-state index < -0.39 is 6.10 Å². The number of aromatic nitrogens is 1. The molecule has 18 heavy (non-hydrogen) atoms. The van der Waals surface area contributed by atoms with Crippen LogP contribution >= 0.6 is 23.2 Å². The Kier molecular flexibility index (Phi) is 4.23. The Morgan fingerprint density at radius 3 is 2.78 bits per heavy atom. The SMILES string of the molecule is Cc1cnccc1C(O)Cc1cc(Cl)ccc1Cl. The molecule has 0 aliphatic heterocycles. The van der Waals surface area contributed by atoms with E-state index in [0.717, 1.165) is 16.7 Å². The Morgan fingerprint density at radius 1 is 1.28 bits per heavy atom. The normalized spacial score (nSPS) is 12.4. The zero-order valence-corrected chi connectivity index (χ0v) is 11.4. The topological polar surface area (TPSA) is 33.1 Å². The first-order valence-corrected chi connectivity index (χ1v) is 6.36. The van der Waals surface area contributed by atoms with Gasteiger partial charge in [-0.1, -0.05) is 23.2 Å². The zero-order valence-electron chi connectivity index (χ0n) is 9.90. The number of benzene rings is 1. The smallest absolute Gasteiger partial charge is 0.0834 e. The van der Waals surface area contributed by atoms with Gasteiger partial charge in [0.1, 0.15) is 0 Å². The summed E-state index contributed by atoms with van der Waals surface area (Å²) in [5.41, 5.74) is 2.66. The highest BCUT2D eigenvalue weighted by Gasteiger charge is 2.13. The first kappa shape index (κ1) is 13.3. The van der Waals surface area contributed by atoms with Crippen LogP contribution in [0.15, 0.2) is 36.7 Å². The number of halogens is 2. The fraction of sp³-hybridized carbons (Fsp3) is 0.214. The van der Waals surface area contributed by atoms with Gasteiger partial charge in [-0.2, -0.15) is 0 Å². The second-order valence-corrected chi connectivity index (χ2v) is 5.03. The van der Waals surface area contributed by atoms with Crippen LogP contribution in [-0.2, 0) is 6.42 Å². The maximum absolute atomic E-state index is 10.2. The lowest BCUT2D eigenvalue weighted by Crippen LogP contribution is -2.04. The lowest BCUT2D eigenvalue weighted by atomic mass is 9.99. The molecule has 1 unspecified atom stereocenters. The lowest BCUT2D eigenvalue weighted by Gasteiger charge is -2.14. The minimum absolute atomic E-state index is 0.435. The van der Waals surface area contributed by atoms with E-state index in [0.29, 0.717) is 16.5 Å². The largest absolute Gasteiger partial charge is 0.388 e. The van der Waals surface area contributed by atoms with Crippen molar-refractivity contribution in [2.45, 2.75) is 19.4 Å². The molecular weight excluding hydrogens is 269 g/mol. The standard InChI is InChI=1S/C14H13Cl2NO/c1-9-8-17-5-4-12(9)14(18)7-10-6-11(15)2-3-13(10)16/h2-6,8,14,18H,7H2,1H3. The molecule has 0 saturated heterocycles. The molecule has 2 nitrogen and oxygen atoms in total. The second kappa shape index (κ2) is 5.70. The van der Waals surface area contributed by atoms with Crippen LogP contribution < -0.4 is 0 Å². The van der Waals surface area contributed by atoms with Crippen molar-refractivity contribution < 1.29 is 5.11 Å². The Labute approximate surface area is 116 Å². The van der Waals surface area contributed by atoms with Crippen molar-refractivity contribution >= 4 is 23.2 Å². The van der Waals surface area contributed by atoms with E-state index in [1.54, 1.807) is 30.6 Å². The second-order valence-electron chi connectivity index (χ2n) is 4.19. The van der Waals surface area contributed by atoms with Crippen LogP contribution in [0.25, 0.3) is 0 Å². The Bertz CT molecular complexity index is 557. The molecule has 4 heteroatoms. The molecular formula is C14H13Cl2NO. The molecule has 0 bridgehead atoms. The quantitative estimate of drug-likeness (QED) is 0.923. The van der Waals surface area contributed by atoms with Crippen molar-refractivity contribution in [1.82, 2.24) is 4.98 Å². The summed E-state index contributed by atoms with van der Waals surface area (Å²) < 4.78 is 0. The molecule has 1 aromatic carbocycles. The van der Waals surface area contributed by atoms with Gasteiger partial charge in [-0.3, -0.25) is 4.98 Å². The maximum Gasteiger partial charge on any atom is 0.0834 e. The van der Waals surface area contributed by atoms with E-state index in [2.05, 4.69) is 4.98 Å². The third-order valence-corrected chi connectivity index (χ3v) is 3.45. The molecule has 2 rings (SSSR count). The summed E-state index contributed by atoms with van der Waals surface area (Å²) in [5, 5.41) is 11.5. The molecule has 0 fully saturated rings. The van der Waals surface area contributed by atoms with E-state index in [9.17, 15) is 5.11 Å². The third-order valence-electron chi connectivity index (χ3n) is 2.84. The van der Waals surface area contributed by atoms with Crippen molar-refractivity contribution in [3.05, 3.63) is 63.4 Å². The molecule has 0 amide bonds. The van der Waals surface area contributed by atoms with Crippen LogP contribution in [0.2, 0.25) is 10.0 Å². The highest BCUT2D eigenvalue weighted by molar-refractivity contribution is 6.33. The molecule has 0 aliphatic rings. The first-order valence-electron chi connectivity index (χ1n) is 5.60. The first-order chi connectivity index (χ1) is 8.58. The van der Waals surface area contributed by atoms with E-state index in [4.69, 9.17) is 23.2 Å². The number of aryl methyl sites for hydroxylation is 1. The van der Waals surface area contributed by atoms with Gasteiger partial charge in [0.25, 0.3) is 0 Å². The monoisotopic (exact) mass is 281 g/mol. The highest BCUT2D eigenvalue weighted by atomic mass is 35.5. The van der Waals surface area contributed by atoms with Crippen LogP contribution in [0.1, 0.15) is 22.8 Å². The van der Waals surface area contributed by atoms with Gasteiger partial charge in [-0.25, -0.2) is 0 Å². The van der Waals surface area contributed by atoms with Crippen molar-refractivity contribution in [2.24, 2.45) is 0 Å². The molecule has 0 radical (unpaired) electrons. The number of hydrogen-bond acceptors (Lipinski definition) is 2. The van der Waals surface area contributed by atoms with E-state index in [1.807, 2.05) is 13.0 Å². The number of rotatable bonds is 3. The Balaban J connectivity index is 2.24. The van der Waals surface area contributed by atoms with Crippen LogP contribution in [0, 0.1) is 6.92 Å². The van der Waals surface area contributed by atoms with Crippen LogP contribution in [-0.4, -0.2) is 10.1 Å². The summed E-state index contributed by atoms with van der Waals surface area (Å²) in [6.45, 7) is 1.92. The molecule has 0 spiro atoms. The number of pyridine rings is 1. The molecule has 1 aromatic heterocycles. The molecule has 1 atom stereocenters. The number of hydrogen-bond donors (Lipinski definition) is 1. The summed E-state index contributed by atoms with van der Waals surface area (Å²) in [5.74, 6) is 0. The van der Waals surface area contributed by atoms with Crippen LogP contribution in [0.4, 0.5) is 0 Å². The average Bonchev–Trinajstić information content (AvgIpc) is 2.34. The van der Waals surface area contributed by atoms with E-state index in [-0.39, 0.29) is 0 Å². The lowest BCUT2D eigenvalue weighted by molar-refractivity contribution is 0.177. The fourth-order valence-corrected chi connectivity index (χ4v) is 2.27. The van der Waals surface area contributed by atoms with Crippen molar-refractivity contribution in [2.75, 3.05) is 0 Å². The average molecular weight is 282 g/mol. The van der Waals surface area contributed by atoms with Crippen molar-refractivity contribution in [3.63, 3.8) is 0 Å². The van der Waals surface area contributed by atoms with E-state index >= 15 is 0 Å². The summed E-state index contributed by atoms with van der Waals surface area (Å²) in [6, 6.07) is 7.07. The minimum atomic E-state index is -0.607. The number of aliphatic hydroxyl groups is 1. The van der Waals surface area contributed by atoms with Gasteiger partial charge in [0.15, 0.2) is 0 Å². The van der Waals surface area contributed by atoms with Gasteiger partial charge in [-0.05, 0) is 47.9 Å². The Morgan fingerprint density at radius 2 is 2.06 bits per heavy atom. The predicted molar refractivity (Wildman–Crippen MR) is 74.1 cm³/mol. The molecule has 0 aliphatic carbocycles. The van der Waals surface area contributed by atoms with Gasteiger partial charge < -0.3 is 5.11 Å². The number of nitrogens with zero attached hydrogens (tertiary/aromatic N) is 1. The molecule has 1 heterocycles. The molecule has 94 valence electrons. The van der Waals surface area contributed by atoms with Crippen molar-refractivity contribution in [3.8, 4) is 0 Å². The number of aliphatic hydroxyl groups excluding tert-OH is 1. The zero-order chi connectivity index (χ0) is 13.1. The van der Waals surface area contributed by atoms with Gasteiger partial charge >= 0.3 is 0 Å². The predicted octanol–water partition coefficient (Wildman–Crippen LogP) is 3.97. The summed E-state index contributed by atoms with van der Waals surface area (Å²) in [4.78, 5) is 4.01. The van der Waals surface area contributed by atoms with Crippen molar-refractivity contribution in [1.29, 1.82) is 0 Å². The maximum atomic E-state index is 10.2. The molecule has 2 aromatic rings. The van der Waals surface area contributed by atoms with Gasteiger partial charge in [0.05, 0.1) is 6.10 Å². The van der Waals surface area contributed by atoms with Crippen LogP contribution in [0.5, 0.6) is 0 Å². The highest BCUT2D eigenvalue weighted by Crippen LogP contribution is 2.27. The van der Waals surface area contributed by atoms with Gasteiger partial charge in [-0.15, -0.1) is 0 Å². The van der Waals surface area contributed by atoms with Gasteiger partial charge in [0, 0.05) is 28.9 Å². The summed E-state index contributed by atoms with van der Waals surface area (Å²) in [6.07, 6.45) is 3.23. The fourth-order valence-electron chi connectivity index (χ4n) is 1.88. The molecule has 0 saturated carbocycles. The minimum Gasteiger partial charge on any atom is -0.388 e.